The van der Waals surface area contributed by atoms with Crippen LogP contribution in [-0.4, -0.2) is 0 Å². The molecule has 7 aliphatic rings. The van der Waals surface area contributed by atoms with Crippen LogP contribution in [0.4, 0.5) is 51.2 Å². The van der Waals surface area contributed by atoms with Crippen molar-refractivity contribution < 1.29 is 0 Å². The van der Waals surface area contributed by atoms with Gasteiger partial charge in [0, 0.05) is 56.6 Å². The summed E-state index contributed by atoms with van der Waals surface area (Å²) in [5, 5.41) is 2.57. The largest absolute Gasteiger partial charge is 0.311 e. The van der Waals surface area contributed by atoms with Gasteiger partial charge in [0.2, 0.25) is 0 Å². The Kier molecular flexibility index (Phi) is 25.8. The van der Waals surface area contributed by atoms with E-state index in [1.165, 1.54) is 344 Å². The van der Waals surface area contributed by atoms with Crippen LogP contribution in [0.5, 0.6) is 0 Å². The van der Waals surface area contributed by atoms with E-state index in [2.05, 4.69) is 362 Å². The number of rotatable bonds is 18. The van der Waals surface area contributed by atoms with Crippen LogP contribution >= 0.6 is 0 Å². The fraction of sp³-hybridized carbons (Fsp3) is 0.322. The highest BCUT2D eigenvalue weighted by molar-refractivity contribution is 5.89. The molecule has 0 unspecified atom stereocenters. The van der Waals surface area contributed by atoms with Gasteiger partial charge in [0.05, 0.1) is 0 Å². The minimum atomic E-state index is -0.0106. The van der Waals surface area contributed by atoms with Gasteiger partial charge in [-0.25, -0.2) is 0 Å². The number of fused-ring (bicyclic) bond motifs is 4. The molecule has 0 bridgehead atoms. The molecule has 0 spiro atoms. The van der Waals surface area contributed by atoms with E-state index in [9.17, 15) is 0 Å². The van der Waals surface area contributed by atoms with Gasteiger partial charge in [-0.1, -0.05) is 348 Å². The van der Waals surface area contributed by atoms with Crippen LogP contribution < -0.4 is 14.7 Å². The molecule has 0 heterocycles. The summed E-state index contributed by atoms with van der Waals surface area (Å²) < 4.78 is 0. The Hall–Kier alpha value is -11.3. The Bertz CT molecular complexity index is 5570. The lowest BCUT2D eigenvalue weighted by Gasteiger charge is -2.29. The topological polar surface area (TPSA) is 9.72 Å². The van der Waals surface area contributed by atoms with Crippen LogP contribution in [0.25, 0.3) is 55.3 Å². The van der Waals surface area contributed by atoms with Crippen molar-refractivity contribution in [3.63, 3.8) is 0 Å². The number of anilines is 9. The SMILES string of the molecule is CC1(C)c2ccccc2-c2ccc(N(c3ccc(C4CCCCC4)cc3)c3ccc(C4CCCCC4)cc3)cc21.c1ccc(-c2ccc(-c3ccc(N(c4ccc(C5CCCCC5)cc4)c4ccc(C5CCCCC5)cc4)cc3)cc2)cc1.c1ccc2cc(-c3ccc(N(c4ccc(C5CCCCC5)cc4)c4ccc(C5CCCCC5)cc4)cc3)ccc2c1. The van der Waals surface area contributed by atoms with Gasteiger partial charge in [-0.2, -0.15) is 0 Å². The molecular formula is C121H127N3. The Balaban J connectivity index is 0.000000122. The average molecular weight is 1620 g/mol. The smallest absolute Gasteiger partial charge is 0.0465 e. The molecule has 0 aliphatic heterocycles. The molecule has 0 aromatic heterocycles. The normalized spacial score (nSPS) is 17.1. The molecule has 626 valence electrons. The molecule has 21 rings (SSSR count). The molecule has 0 N–H and O–H groups in total. The Morgan fingerprint density at radius 2 is 0.411 bits per heavy atom. The van der Waals surface area contributed by atoms with Crippen molar-refractivity contribution in [3.8, 4) is 44.5 Å². The summed E-state index contributed by atoms with van der Waals surface area (Å²) in [5.74, 6) is 4.34. The highest BCUT2D eigenvalue weighted by atomic mass is 15.2. The van der Waals surface area contributed by atoms with E-state index in [0.717, 1.165) is 35.5 Å². The predicted molar refractivity (Wildman–Crippen MR) is 530 cm³/mol. The molecule has 0 atom stereocenters. The molecule has 7 aliphatic carbocycles. The van der Waals surface area contributed by atoms with Crippen molar-refractivity contribution >= 4 is 62.0 Å². The summed E-state index contributed by atoms with van der Waals surface area (Å²) in [6.45, 7) is 4.76. The zero-order valence-corrected chi connectivity index (χ0v) is 73.8. The van der Waals surface area contributed by atoms with E-state index in [-0.39, 0.29) is 5.41 Å². The van der Waals surface area contributed by atoms with E-state index < -0.39 is 0 Å². The first-order chi connectivity index (χ1) is 61.2. The van der Waals surface area contributed by atoms with Gasteiger partial charge in [-0.15, -0.1) is 0 Å². The third kappa shape index (κ3) is 18.7. The molecule has 0 amide bonds. The Labute approximate surface area is 741 Å². The lowest BCUT2D eigenvalue weighted by Crippen LogP contribution is -2.16. The summed E-state index contributed by atoms with van der Waals surface area (Å²) in [5.41, 5.74) is 33.2. The van der Waals surface area contributed by atoms with Gasteiger partial charge in [-0.05, 0) is 328 Å². The molecule has 0 radical (unpaired) electrons. The van der Waals surface area contributed by atoms with Crippen LogP contribution in [-0.2, 0) is 5.41 Å². The molecule has 6 fully saturated rings. The van der Waals surface area contributed by atoms with E-state index in [0.29, 0.717) is 0 Å². The maximum atomic E-state index is 2.48. The third-order valence-corrected chi connectivity index (χ3v) is 29.9. The first kappa shape index (κ1) is 82.4. The van der Waals surface area contributed by atoms with Gasteiger partial charge < -0.3 is 14.7 Å². The fourth-order valence-corrected chi connectivity index (χ4v) is 22.6. The van der Waals surface area contributed by atoms with E-state index in [1.807, 2.05) is 0 Å². The zero-order valence-electron chi connectivity index (χ0n) is 73.8. The summed E-state index contributed by atoms with van der Waals surface area (Å²) in [7, 11) is 0. The quantitative estimate of drug-likeness (QED) is 0.0848. The second kappa shape index (κ2) is 38.9. The van der Waals surface area contributed by atoms with Crippen LogP contribution in [0, 0.1) is 0 Å². The van der Waals surface area contributed by atoms with Crippen molar-refractivity contribution in [2.24, 2.45) is 0 Å². The highest BCUT2D eigenvalue weighted by Crippen LogP contribution is 2.52. The van der Waals surface area contributed by atoms with E-state index >= 15 is 0 Å². The molecule has 3 heteroatoms. The molecule has 0 saturated heterocycles. The average Bonchev–Trinajstić information content (AvgIpc) is 1.58. The van der Waals surface area contributed by atoms with Gasteiger partial charge in [0.1, 0.15) is 0 Å². The fourth-order valence-electron chi connectivity index (χ4n) is 22.6. The van der Waals surface area contributed by atoms with Gasteiger partial charge in [0.25, 0.3) is 0 Å². The molecule has 6 saturated carbocycles. The Morgan fingerprint density at radius 1 is 0.177 bits per heavy atom. The van der Waals surface area contributed by atoms with Crippen LogP contribution in [0.3, 0.4) is 0 Å². The van der Waals surface area contributed by atoms with Crippen molar-refractivity contribution in [3.05, 3.63) is 378 Å². The first-order valence-corrected chi connectivity index (χ1v) is 48.3. The zero-order chi connectivity index (χ0) is 83.4. The monoisotopic (exact) mass is 1620 g/mol. The summed E-state index contributed by atoms with van der Waals surface area (Å²) >= 11 is 0. The minimum absolute atomic E-state index is 0.0106. The standard InChI is InChI=1S/C42H43N.C40H41N.C39H43N/c1-4-10-32(11-5-1)35-16-18-36(19-17-35)39-24-30-42(31-25-39)43(40-26-20-37(21-27-40)33-12-6-2-7-13-33)41-28-22-38(23-29-41)34-14-8-3-9-15-34;1-3-9-30(10-4-1)33-17-23-38(24-18-33)41(39-25-19-34(20-26-39)31-11-5-2-6-12-31)40-27-21-35(22-28-40)37-16-15-32-13-7-8-14-36(32)29-37;1-39(2)37-16-10-9-15-35(37)36-26-25-34(27-38(36)39)40(32-21-17-30(18-22-32)28-11-5-3-6-12-28)33-23-19-31(20-24-33)29-13-7-4-8-14-29/h1,4-5,10-11,16-31,33-34H,2-3,6-9,12-15H2;7-8,13-31H,1-6,9-12H2;9-10,15-29H,3-8,11-14H2,1-2H3. The lowest BCUT2D eigenvalue weighted by atomic mass is 9.82. The number of benzene rings is 14. The lowest BCUT2D eigenvalue weighted by molar-refractivity contribution is 0.443. The maximum absolute atomic E-state index is 2.48. The maximum Gasteiger partial charge on any atom is 0.0465 e. The van der Waals surface area contributed by atoms with Gasteiger partial charge in [0.15, 0.2) is 0 Å². The first-order valence-electron chi connectivity index (χ1n) is 48.3. The minimum Gasteiger partial charge on any atom is -0.311 e. The van der Waals surface area contributed by atoms with E-state index in [1.54, 1.807) is 0 Å². The molecule has 124 heavy (non-hydrogen) atoms. The Morgan fingerprint density at radius 3 is 0.742 bits per heavy atom. The summed E-state index contributed by atoms with van der Waals surface area (Å²) in [4.78, 5) is 7.34. The summed E-state index contributed by atoms with van der Waals surface area (Å²) in [6, 6.07) is 126. The second-order valence-electron chi connectivity index (χ2n) is 38.1. The third-order valence-electron chi connectivity index (χ3n) is 29.9. The van der Waals surface area contributed by atoms with Crippen molar-refractivity contribution in [1.29, 1.82) is 0 Å². The van der Waals surface area contributed by atoms with Gasteiger partial charge in [-0.3, -0.25) is 0 Å². The number of hydrogen-bond acceptors (Lipinski definition) is 3. The molecular weight excluding hydrogens is 1500 g/mol. The van der Waals surface area contributed by atoms with Gasteiger partial charge >= 0.3 is 0 Å². The highest BCUT2D eigenvalue weighted by Gasteiger charge is 2.36. The molecule has 3 nitrogen and oxygen atoms in total. The van der Waals surface area contributed by atoms with Crippen molar-refractivity contribution in [1.82, 2.24) is 0 Å². The van der Waals surface area contributed by atoms with Crippen molar-refractivity contribution in [2.45, 2.75) is 247 Å². The van der Waals surface area contributed by atoms with Crippen LogP contribution in [0.1, 0.15) is 286 Å². The predicted octanol–water partition coefficient (Wildman–Crippen LogP) is 36.2. The second-order valence-corrected chi connectivity index (χ2v) is 38.1. The van der Waals surface area contributed by atoms with Crippen LogP contribution in [0.15, 0.2) is 334 Å². The van der Waals surface area contributed by atoms with E-state index in [4.69, 9.17) is 0 Å². The molecule has 14 aromatic rings. The molecule has 14 aromatic carbocycles. The van der Waals surface area contributed by atoms with Crippen LogP contribution in [0.2, 0.25) is 0 Å². The summed E-state index contributed by atoms with van der Waals surface area (Å²) in [6.07, 6.45) is 40.9. The number of nitrogens with zero attached hydrogens (tertiary/aromatic N) is 3. The van der Waals surface area contributed by atoms with Crippen molar-refractivity contribution in [2.75, 3.05) is 14.7 Å². The number of hydrogen-bond donors (Lipinski definition) is 0.